The van der Waals surface area contributed by atoms with Crippen molar-refractivity contribution in [3.8, 4) is 0 Å². The van der Waals surface area contributed by atoms with Crippen LogP contribution in [0.15, 0.2) is 36.7 Å². The van der Waals surface area contributed by atoms with E-state index in [2.05, 4.69) is 20.6 Å². The van der Waals surface area contributed by atoms with Gasteiger partial charge < -0.3 is 15.4 Å². The number of ether oxygens (including phenoxy) is 1. The normalized spacial score (nSPS) is 10.2. The number of amides is 1. The first-order valence-corrected chi connectivity index (χ1v) is 7.07. The molecule has 0 saturated heterocycles. The van der Waals surface area contributed by atoms with Crippen LogP contribution in [0.3, 0.4) is 0 Å². The van der Waals surface area contributed by atoms with E-state index in [0.717, 1.165) is 0 Å². The predicted molar refractivity (Wildman–Crippen MR) is 86.8 cm³/mol. The largest absolute Gasteiger partial charge is 0.383 e. The van der Waals surface area contributed by atoms with Crippen LogP contribution in [0.5, 0.6) is 0 Å². The van der Waals surface area contributed by atoms with Crippen LogP contribution in [0.2, 0.25) is 0 Å². The average Bonchev–Trinajstić information content (AvgIpc) is 2.56. The van der Waals surface area contributed by atoms with E-state index in [1.165, 1.54) is 13.3 Å². The Balaban J connectivity index is 2.02. The molecule has 0 atom stereocenters. The zero-order valence-corrected chi connectivity index (χ0v) is 13.0. The summed E-state index contributed by atoms with van der Waals surface area (Å²) in [5, 5.41) is 5.76. The second-order valence-corrected chi connectivity index (χ2v) is 4.80. The molecule has 23 heavy (non-hydrogen) atoms. The van der Waals surface area contributed by atoms with Crippen LogP contribution < -0.4 is 10.6 Å². The maximum atomic E-state index is 12.2. The second kappa shape index (κ2) is 8.00. The first kappa shape index (κ1) is 16.6. The smallest absolute Gasteiger partial charge is 0.274 e. The van der Waals surface area contributed by atoms with Gasteiger partial charge in [0.15, 0.2) is 5.78 Å². The third-order valence-electron chi connectivity index (χ3n) is 3.06. The molecule has 1 aromatic carbocycles. The molecular weight excluding hydrogens is 296 g/mol. The van der Waals surface area contributed by atoms with Crippen molar-refractivity contribution in [1.82, 2.24) is 9.97 Å². The average molecular weight is 314 g/mol. The minimum absolute atomic E-state index is 0.0227. The number of rotatable bonds is 7. The lowest BCUT2D eigenvalue weighted by Crippen LogP contribution is -2.15. The highest BCUT2D eigenvalue weighted by Gasteiger charge is 2.09. The molecule has 0 spiro atoms. The number of nitrogens with zero attached hydrogens (tertiary/aromatic N) is 2. The molecule has 7 heteroatoms. The summed E-state index contributed by atoms with van der Waals surface area (Å²) >= 11 is 0. The number of anilines is 2. The second-order valence-electron chi connectivity index (χ2n) is 4.80. The van der Waals surface area contributed by atoms with Crippen LogP contribution in [0.4, 0.5) is 11.5 Å². The van der Waals surface area contributed by atoms with E-state index in [4.69, 9.17) is 4.74 Å². The summed E-state index contributed by atoms with van der Waals surface area (Å²) in [5.74, 6) is 0.178. The number of hydrogen-bond donors (Lipinski definition) is 2. The number of benzene rings is 1. The van der Waals surface area contributed by atoms with Gasteiger partial charge in [0.2, 0.25) is 0 Å². The molecule has 0 saturated carbocycles. The number of methoxy groups -OCH3 is 1. The molecule has 2 rings (SSSR count). The van der Waals surface area contributed by atoms with Gasteiger partial charge in [0.05, 0.1) is 6.61 Å². The van der Waals surface area contributed by atoms with E-state index in [9.17, 15) is 9.59 Å². The molecule has 1 aromatic heterocycles. The Morgan fingerprint density at radius 1 is 1.17 bits per heavy atom. The number of hydrogen-bond acceptors (Lipinski definition) is 6. The molecule has 2 aromatic rings. The molecule has 0 aliphatic carbocycles. The SMILES string of the molecule is COCCNc1cc(C(=O)Nc2ccc(C(C)=O)cc2)ncn1. The summed E-state index contributed by atoms with van der Waals surface area (Å²) in [7, 11) is 1.61. The van der Waals surface area contributed by atoms with Crippen LogP contribution in [-0.2, 0) is 4.74 Å². The molecule has 0 bridgehead atoms. The fourth-order valence-electron chi connectivity index (χ4n) is 1.84. The zero-order valence-electron chi connectivity index (χ0n) is 13.0. The minimum atomic E-state index is -0.349. The highest BCUT2D eigenvalue weighted by Crippen LogP contribution is 2.12. The standard InChI is InChI=1S/C16H18N4O3/c1-11(21)12-3-5-13(6-4-12)20-16(22)14-9-15(19-10-18-14)17-7-8-23-2/h3-6,9-10H,7-8H2,1-2H3,(H,20,22)(H,17,18,19). The molecule has 0 unspecified atom stereocenters. The number of carbonyl (C=O) groups excluding carboxylic acids is 2. The van der Waals surface area contributed by atoms with E-state index >= 15 is 0 Å². The summed E-state index contributed by atoms with van der Waals surface area (Å²) in [6, 6.07) is 8.24. The molecule has 1 amide bonds. The molecular formula is C16H18N4O3. The minimum Gasteiger partial charge on any atom is -0.383 e. The lowest BCUT2D eigenvalue weighted by Gasteiger charge is -2.07. The van der Waals surface area contributed by atoms with E-state index in [1.54, 1.807) is 37.4 Å². The Bertz CT molecular complexity index is 686. The quantitative estimate of drug-likeness (QED) is 0.599. The molecule has 7 nitrogen and oxygen atoms in total. The van der Waals surface area contributed by atoms with E-state index in [1.807, 2.05) is 0 Å². The van der Waals surface area contributed by atoms with Gasteiger partial charge in [-0.2, -0.15) is 0 Å². The Hall–Kier alpha value is -2.80. The van der Waals surface area contributed by atoms with Gasteiger partial charge in [-0.05, 0) is 31.2 Å². The maximum Gasteiger partial charge on any atom is 0.274 e. The lowest BCUT2D eigenvalue weighted by atomic mass is 10.1. The fourth-order valence-corrected chi connectivity index (χ4v) is 1.84. The molecule has 1 heterocycles. The van der Waals surface area contributed by atoms with Gasteiger partial charge in [0, 0.05) is 31.0 Å². The van der Waals surface area contributed by atoms with Gasteiger partial charge >= 0.3 is 0 Å². The van der Waals surface area contributed by atoms with Gasteiger partial charge in [-0.15, -0.1) is 0 Å². The number of nitrogens with one attached hydrogen (secondary N) is 2. The number of carbonyl (C=O) groups is 2. The zero-order chi connectivity index (χ0) is 16.7. The summed E-state index contributed by atoms with van der Waals surface area (Å²) in [5.41, 5.74) is 1.43. The van der Waals surface area contributed by atoms with Crippen LogP contribution in [-0.4, -0.2) is 41.9 Å². The van der Waals surface area contributed by atoms with Gasteiger partial charge in [-0.1, -0.05) is 0 Å². The predicted octanol–water partition coefficient (Wildman–Crippen LogP) is 1.99. The van der Waals surface area contributed by atoms with Crippen LogP contribution in [0.25, 0.3) is 0 Å². The summed E-state index contributed by atoms with van der Waals surface area (Å²) < 4.78 is 4.94. The number of aromatic nitrogens is 2. The van der Waals surface area contributed by atoms with Gasteiger partial charge in [-0.3, -0.25) is 9.59 Å². The Labute approximate surface area is 134 Å². The summed E-state index contributed by atoms with van der Waals surface area (Å²) in [6.45, 7) is 2.61. The van der Waals surface area contributed by atoms with Crippen molar-refractivity contribution >= 4 is 23.2 Å². The molecule has 120 valence electrons. The van der Waals surface area contributed by atoms with Crippen molar-refractivity contribution in [1.29, 1.82) is 0 Å². The number of Topliss-reactive ketones (excluding diaryl/α,β-unsaturated/α-hetero) is 1. The van der Waals surface area contributed by atoms with E-state index in [-0.39, 0.29) is 17.4 Å². The number of ketones is 1. The van der Waals surface area contributed by atoms with Crippen molar-refractivity contribution in [2.75, 3.05) is 30.9 Å². The molecule has 0 fully saturated rings. The maximum absolute atomic E-state index is 12.2. The fraction of sp³-hybridized carbons (Fsp3) is 0.250. The highest BCUT2D eigenvalue weighted by atomic mass is 16.5. The third kappa shape index (κ3) is 4.86. The van der Waals surface area contributed by atoms with Crippen LogP contribution in [0.1, 0.15) is 27.8 Å². The van der Waals surface area contributed by atoms with Gasteiger partial charge in [0.1, 0.15) is 17.8 Å². The first-order valence-electron chi connectivity index (χ1n) is 7.07. The summed E-state index contributed by atoms with van der Waals surface area (Å²) in [6.07, 6.45) is 1.32. The van der Waals surface area contributed by atoms with Crippen LogP contribution in [0, 0.1) is 0 Å². The Morgan fingerprint density at radius 3 is 2.57 bits per heavy atom. The van der Waals surface area contributed by atoms with Crippen molar-refractivity contribution < 1.29 is 14.3 Å². The van der Waals surface area contributed by atoms with Crippen molar-refractivity contribution in [2.45, 2.75) is 6.92 Å². The van der Waals surface area contributed by atoms with Crippen LogP contribution >= 0.6 is 0 Å². The third-order valence-corrected chi connectivity index (χ3v) is 3.06. The van der Waals surface area contributed by atoms with Gasteiger partial charge in [-0.25, -0.2) is 9.97 Å². The van der Waals surface area contributed by atoms with Crippen molar-refractivity contribution in [2.24, 2.45) is 0 Å². The van der Waals surface area contributed by atoms with E-state index in [0.29, 0.717) is 30.2 Å². The lowest BCUT2D eigenvalue weighted by molar-refractivity contribution is 0.101. The summed E-state index contributed by atoms with van der Waals surface area (Å²) in [4.78, 5) is 31.4. The molecule has 2 N–H and O–H groups in total. The van der Waals surface area contributed by atoms with Crippen molar-refractivity contribution in [3.05, 3.63) is 47.9 Å². The first-order chi connectivity index (χ1) is 11.1. The monoisotopic (exact) mass is 314 g/mol. The van der Waals surface area contributed by atoms with Gasteiger partial charge in [0.25, 0.3) is 5.91 Å². The molecule has 0 radical (unpaired) electrons. The van der Waals surface area contributed by atoms with E-state index < -0.39 is 0 Å². The Kier molecular flexibility index (Phi) is 5.76. The topological polar surface area (TPSA) is 93.2 Å². The van der Waals surface area contributed by atoms with Crippen molar-refractivity contribution in [3.63, 3.8) is 0 Å². The molecule has 0 aliphatic rings. The highest BCUT2D eigenvalue weighted by molar-refractivity contribution is 6.03. The Morgan fingerprint density at radius 2 is 1.91 bits per heavy atom. The molecule has 0 aliphatic heterocycles.